The molecular weight excluding hydrogens is 426 g/mol. The van der Waals surface area contributed by atoms with Gasteiger partial charge in [-0.2, -0.15) is 10.4 Å². The molecule has 3 aromatic rings. The fourth-order valence-electron chi connectivity index (χ4n) is 4.39. The molecule has 1 atom stereocenters. The van der Waals surface area contributed by atoms with E-state index in [1.54, 1.807) is 0 Å². The summed E-state index contributed by atoms with van der Waals surface area (Å²) < 4.78 is 7.98. The number of nitrogens with zero attached hydrogens (tertiary/aromatic N) is 6. The second kappa shape index (κ2) is 8.67. The number of rotatable bonds is 6. The van der Waals surface area contributed by atoms with Crippen LogP contribution in [-0.4, -0.2) is 44.3 Å². The number of fused-ring (bicyclic) bond motifs is 1. The Morgan fingerprint density at radius 2 is 2.16 bits per heavy atom. The molecule has 166 valence electrons. The summed E-state index contributed by atoms with van der Waals surface area (Å²) in [6.45, 7) is 9.91. The van der Waals surface area contributed by atoms with E-state index in [1.807, 2.05) is 44.5 Å². The summed E-state index contributed by atoms with van der Waals surface area (Å²) >= 11 is 6.63. The Morgan fingerprint density at radius 1 is 1.41 bits per heavy atom. The number of nitrogens with two attached hydrogens (primary N) is 1. The van der Waals surface area contributed by atoms with Crippen LogP contribution in [0.4, 0.5) is 5.82 Å². The van der Waals surface area contributed by atoms with Gasteiger partial charge in [-0.15, -0.1) is 0 Å². The van der Waals surface area contributed by atoms with E-state index in [0.29, 0.717) is 34.4 Å². The number of hydrogen-bond donors (Lipinski definition) is 1. The van der Waals surface area contributed by atoms with Crippen molar-refractivity contribution in [1.29, 1.82) is 5.26 Å². The summed E-state index contributed by atoms with van der Waals surface area (Å²) in [5.74, 6) is 1.25. The first-order valence-electron chi connectivity index (χ1n) is 10.6. The maximum atomic E-state index is 9.89. The summed E-state index contributed by atoms with van der Waals surface area (Å²) in [7, 11) is 0. The Hall–Kier alpha value is -3.31. The molecular formula is C23H26ClN7O. The van der Waals surface area contributed by atoms with Gasteiger partial charge in [-0.3, -0.25) is 0 Å². The molecule has 9 heteroatoms. The van der Waals surface area contributed by atoms with E-state index in [-0.39, 0.29) is 12.0 Å². The van der Waals surface area contributed by atoms with Crippen LogP contribution in [0.15, 0.2) is 24.7 Å². The highest BCUT2D eigenvalue weighted by Crippen LogP contribution is 2.44. The van der Waals surface area contributed by atoms with Crippen LogP contribution in [0.5, 0.6) is 5.75 Å². The quantitative estimate of drug-likeness (QED) is 0.599. The Kier molecular flexibility index (Phi) is 5.94. The summed E-state index contributed by atoms with van der Waals surface area (Å²) in [4.78, 5) is 10.7. The second-order valence-corrected chi connectivity index (χ2v) is 8.31. The standard InChI is InChI=1S/C23H26ClN7O/c1-5-7-30-10-15(11-30)20-17(9-25)18(24)8-16(21(20)32-6-2)14(4)31-23-19(13(3)29-31)22(26)27-12-28-23/h5,7-8,12,14-15H,6,10-11H2,1-4H3,(H2,26,27,28). The first-order valence-corrected chi connectivity index (χ1v) is 11.0. The number of anilines is 1. The number of nitriles is 1. The Morgan fingerprint density at radius 3 is 2.81 bits per heavy atom. The van der Waals surface area contributed by atoms with E-state index in [9.17, 15) is 5.26 Å². The van der Waals surface area contributed by atoms with E-state index in [2.05, 4.69) is 27.1 Å². The van der Waals surface area contributed by atoms with Gasteiger partial charge < -0.3 is 15.4 Å². The fourth-order valence-corrected chi connectivity index (χ4v) is 4.65. The summed E-state index contributed by atoms with van der Waals surface area (Å²) in [5, 5.41) is 15.7. The van der Waals surface area contributed by atoms with Gasteiger partial charge in [0.25, 0.3) is 0 Å². The van der Waals surface area contributed by atoms with E-state index >= 15 is 0 Å². The van der Waals surface area contributed by atoms with Crippen molar-refractivity contribution in [1.82, 2.24) is 24.6 Å². The number of nitrogen functional groups attached to an aromatic ring is 1. The lowest BCUT2D eigenvalue weighted by atomic mass is 9.85. The minimum atomic E-state index is -0.252. The Balaban J connectivity index is 1.88. The SMILES string of the molecule is CC=CN1CC(c2c(C#N)c(Cl)cc(C(C)n3nc(C)c4c(N)ncnc43)c2OCC)C1. The second-order valence-electron chi connectivity index (χ2n) is 7.91. The van der Waals surface area contributed by atoms with Gasteiger partial charge >= 0.3 is 0 Å². The molecule has 32 heavy (non-hydrogen) atoms. The molecule has 0 amide bonds. The molecule has 1 aliphatic rings. The lowest BCUT2D eigenvalue weighted by molar-refractivity contribution is 0.213. The van der Waals surface area contributed by atoms with Crippen molar-refractivity contribution in [2.45, 2.75) is 39.7 Å². The maximum Gasteiger partial charge on any atom is 0.164 e. The van der Waals surface area contributed by atoms with Crippen LogP contribution in [0.3, 0.4) is 0 Å². The number of aromatic nitrogens is 4. The van der Waals surface area contributed by atoms with E-state index in [1.165, 1.54) is 6.33 Å². The molecule has 3 heterocycles. The van der Waals surface area contributed by atoms with Crippen LogP contribution in [0.1, 0.15) is 55.1 Å². The molecule has 0 saturated carbocycles. The Bertz CT molecular complexity index is 1240. The number of aryl methyl sites for hydroxylation is 1. The normalized spacial score (nSPS) is 15.2. The molecule has 0 radical (unpaired) electrons. The van der Waals surface area contributed by atoms with Gasteiger partial charge in [0.2, 0.25) is 0 Å². The summed E-state index contributed by atoms with van der Waals surface area (Å²) in [6, 6.07) is 3.86. The number of likely N-dealkylation sites (tertiary alicyclic amines) is 1. The number of benzene rings is 1. The summed E-state index contributed by atoms with van der Waals surface area (Å²) in [5.41, 5.74) is 9.68. The topological polar surface area (TPSA) is 106 Å². The van der Waals surface area contributed by atoms with Crippen molar-refractivity contribution in [3.05, 3.63) is 52.1 Å². The van der Waals surface area contributed by atoms with Crippen LogP contribution in [0, 0.1) is 18.3 Å². The van der Waals surface area contributed by atoms with Gasteiger partial charge in [0.05, 0.1) is 34.3 Å². The zero-order chi connectivity index (χ0) is 23.0. The largest absolute Gasteiger partial charge is 0.493 e. The number of halogens is 1. The molecule has 8 nitrogen and oxygen atoms in total. The van der Waals surface area contributed by atoms with Gasteiger partial charge in [0, 0.05) is 30.1 Å². The van der Waals surface area contributed by atoms with Gasteiger partial charge in [0.15, 0.2) is 5.65 Å². The molecule has 1 saturated heterocycles. The van der Waals surface area contributed by atoms with Crippen molar-refractivity contribution >= 4 is 28.5 Å². The van der Waals surface area contributed by atoms with Gasteiger partial charge in [-0.05, 0) is 40.0 Å². The molecule has 1 unspecified atom stereocenters. The van der Waals surface area contributed by atoms with Crippen molar-refractivity contribution in [3.63, 3.8) is 0 Å². The van der Waals surface area contributed by atoms with Crippen molar-refractivity contribution in [2.75, 3.05) is 25.4 Å². The third-order valence-electron chi connectivity index (χ3n) is 5.89. The lowest BCUT2D eigenvalue weighted by Gasteiger charge is -2.40. The first-order chi connectivity index (χ1) is 15.4. The molecule has 1 aromatic carbocycles. The predicted octanol–water partition coefficient (Wildman–Crippen LogP) is 4.18. The van der Waals surface area contributed by atoms with Crippen LogP contribution in [-0.2, 0) is 0 Å². The zero-order valence-corrected chi connectivity index (χ0v) is 19.4. The van der Waals surface area contributed by atoms with Crippen molar-refractivity contribution < 1.29 is 4.74 Å². The molecule has 0 spiro atoms. The number of allylic oxidation sites excluding steroid dienone is 1. The van der Waals surface area contributed by atoms with Crippen molar-refractivity contribution in [3.8, 4) is 11.8 Å². The van der Waals surface area contributed by atoms with Crippen LogP contribution in [0.2, 0.25) is 5.02 Å². The van der Waals surface area contributed by atoms with E-state index in [0.717, 1.165) is 35.3 Å². The van der Waals surface area contributed by atoms with E-state index in [4.69, 9.17) is 27.2 Å². The van der Waals surface area contributed by atoms with Gasteiger partial charge in [-0.1, -0.05) is 17.7 Å². The predicted molar refractivity (Wildman–Crippen MR) is 125 cm³/mol. The smallest absolute Gasteiger partial charge is 0.164 e. The Labute approximate surface area is 192 Å². The number of ether oxygens (including phenoxy) is 1. The fraction of sp³-hybridized carbons (Fsp3) is 0.391. The average Bonchev–Trinajstić information content (AvgIpc) is 3.08. The first kappa shape index (κ1) is 21.9. The highest BCUT2D eigenvalue weighted by Gasteiger charge is 2.34. The monoisotopic (exact) mass is 451 g/mol. The van der Waals surface area contributed by atoms with Crippen LogP contribution < -0.4 is 10.5 Å². The average molecular weight is 452 g/mol. The molecule has 4 rings (SSSR count). The molecule has 0 bridgehead atoms. The maximum absolute atomic E-state index is 9.89. The van der Waals surface area contributed by atoms with E-state index < -0.39 is 0 Å². The summed E-state index contributed by atoms with van der Waals surface area (Å²) in [6.07, 6.45) is 5.50. The minimum Gasteiger partial charge on any atom is -0.493 e. The third-order valence-corrected chi connectivity index (χ3v) is 6.18. The molecule has 2 N–H and O–H groups in total. The van der Waals surface area contributed by atoms with Gasteiger partial charge in [-0.25, -0.2) is 14.6 Å². The molecule has 0 aliphatic carbocycles. The van der Waals surface area contributed by atoms with Crippen LogP contribution in [0.25, 0.3) is 11.0 Å². The van der Waals surface area contributed by atoms with Gasteiger partial charge in [0.1, 0.15) is 24.0 Å². The van der Waals surface area contributed by atoms with Crippen LogP contribution >= 0.6 is 11.6 Å². The molecule has 1 aliphatic heterocycles. The molecule has 1 fully saturated rings. The highest BCUT2D eigenvalue weighted by atomic mass is 35.5. The number of hydrogen-bond acceptors (Lipinski definition) is 7. The zero-order valence-electron chi connectivity index (χ0n) is 18.6. The third kappa shape index (κ3) is 3.53. The van der Waals surface area contributed by atoms with Crippen molar-refractivity contribution in [2.24, 2.45) is 0 Å². The lowest BCUT2D eigenvalue weighted by Crippen LogP contribution is -2.41. The minimum absolute atomic E-state index is 0.154. The molecule has 2 aromatic heterocycles. The highest BCUT2D eigenvalue weighted by molar-refractivity contribution is 6.32.